The molecule has 0 aliphatic carbocycles. The zero-order valence-electron chi connectivity index (χ0n) is 11.7. The molecule has 118 valence electrons. The van der Waals surface area contributed by atoms with Gasteiger partial charge in [-0.05, 0) is 35.4 Å². The summed E-state index contributed by atoms with van der Waals surface area (Å²) < 4.78 is 42.9. The van der Waals surface area contributed by atoms with E-state index < -0.39 is 12.7 Å². The van der Waals surface area contributed by atoms with Gasteiger partial charge in [0.25, 0.3) is 0 Å². The third kappa shape index (κ3) is 6.07. The molecule has 0 radical (unpaired) electrons. The second-order valence-corrected chi connectivity index (χ2v) is 5.70. The quantitative estimate of drug-likeness (QED) is 0.793. The van der Waals surface area contributed by atoms with Crippen LogP contribution in [0.3, 0.4) is 0 Å². The van der Waals surface area contributed by atoms with Crippen LogP contribution in [-0.4, -0.2) is 12.7 Å². The van der Waals surface area contributed by atoms with Crippen LogP contribution >= 0.6 is 15.9 Å². The van der Waals surface area contributed by atoms with Crippen LogP contribution in [0.5, 0.6) is 5.75 Å². The highest BCUT2D eigenvalue weighted by Crippen LogP contribution is 2.19. The lowest BCUT2D eigenvalue weighted by Crippen LogP contribution is -2.28. The van der Waals surface area contributed by atoms with Gasteiger partial charge in [-0.3, -0.25) is 0 Å². The van der Waals surface area contributed by atoms with E-state index >= 15 is 0 Å². The Hall–Kier alpha value is -1.53. The van der Waals surface area contributed by atoms with E-state index in [2.05, 4.69) is 21.2 Å². The Morgan fingerprint density at radius 3 is 2.36 bits per heavy atom. The van der Waals surface area contributed by atoms with Gasteiger partial charge in [-0.1, -0.05) is 40.2 Å². The zero-order chi connectivity index (χ0) is 16.0. The first-order valence-electron chi connectivity index (χ1n) is 6.66. The van der Waals surface area contributed by atoms with Gasteiger partial charge in [0, 0.05) is 11.0 Å². The van der Waals surface area contributed by atoms with Crippen molar-refractivity contribution in [1.82, 2.24) is 5.32 Å². The van der Waals surface area contributed by atoms with Crippen LogP contribution in [0.4, 0.5) is 13.2 Å². The molecule has 0 fully saturated rings. The first-order chi connectivity index (χ1) is 10.4. The zero-order valence-corrected chi connectivity index (χ0v) is 13.2. The van der Waals surface area contributed by atoms with Gasteiger partial charge < -0.3 is 10.1 Å². The lowest BCUT2D eigenvalue weighted by Gasteiger charge is -2.11. The fourth-order valence-corrected chi connectivity index (χ4v) is 2.52. The average Bonchev–Trinajstić information content (AvgIpc) is 2.44. The minimum atomic E-state index is -4.20. The van der Waals surface area contributed by atoms with E-state index in [0.29, 0.717) is 6.61 Å². The molecule has 1 N–H and O–H groups in total. The van der Waals surface area contributed by atoms with E-state index in [-0.39, 0.29) is 6.54 Å². The van der Waals surface area contributed by atoms with Crippen molar-refractivity contribution in [1.29, 1.82) is 0 Å². The van der Waals surface area contributed by atoms with Crippen molar-refractivity contribution in [3.05, 3.63) is 64.1 Å². The van der Waals surface area contributed by atoms with Crippen molar-refractivity contribution >= 4 is 15.9 Å². The molecular weight excluding hydrogens is 359 g/mol. The highest BCUT2D eigenvalue weighted by molar-refractivity contribution is 9.10. The van der Waals surface area contributed by atoms with Gasteiger partial charge >= 0.3 is 6.18 Å². The molecule has 0 atom stereocenters. The lowest BCUT2D eigenvalue weighted by atomic mass is 10.1. The fraction of sp³-hybridized carbons (Fsp3) is 0.250. The Morgan fingerprint density at radius 2 is 1.68 bits per heavy atom. The van der Waals surface area contributed by atoms with Gasteiger partial charge in [0.05, 0.1) is 6.54 Å². The maximum atomic E-state index is 12.1. The van der Waals surface area contributed by atoms with E-state index in [9.17, 15) is 13.2 Å². The minimum Gasteiger partial charge on any atom is -0.489 e. The first kappa shape index (κ1) is 16.8. The molecule has 0 aliphatic heterocycles. The number of hydrogen-bond acceptors (Lipinski definition) is 2. The molecule has 0 aliphatic rings. The molecule has 0 aromatic heterocycles. The smallest absolute Gasteiger partial charge is 0.401 e. The number of nitrogens with one attached hydrogen (secondary N) is 1. The Bertz CT molecular complexity index is 602. The summed E-state index contributed by atoms with van der Waals surface area (Å²) in [6, 6.07) is 14.9. The fourth-order valence-electron chi connectivity index (χ4n) is 1.93. The van der Waals surface area contributed by atoms with Crippen LogP contribution in [0.1, 0.15) is 11.1 Å². The molecule has 0 saturated carbocycles. The van der Waals surface area contributed by atoms with Crippen molar-refractivity contribution in [2.24, 2.45) is 0 Å². The molecule has 0 bridgehead atoms. The van der Waals surface area contributed by atoms with Crippen molar-refractivity contribution in [2.45, 2.75) is 19.3 Å². The summed E-state index contributed by atoms with van der Waals surface area (Å²) in [5, 5.41) is 2.38. The van der Waals surface area contributed by atoms with Crippen LogP contribution in [0.25, 0.3) is 0 Å². The van der Waals surface area contributed by atoms with Crippen molar-refractivity contribution in [2.75, 3.05) is 6.54 Å². The normalized spacial score (nSPS) is 11.5. The SMILES string of the molecule is FC(F)(F)CNCc1cc(Br)cc(COc2ccccc2)c1. The van der Waals surface area contributed by atoms with Crippen LogP contribution in [0, 0.1) is 0 Å². The van der Waals surface area contributed by atoms with Gasteiger partial charge in [0.2, 0.25) is 0 Å². The number of halogens is 4. The molecule has 2 aromatic carbocycles. The highest BCUT2D eigenvalue weighted by Gasteiger charge is 2.26. The minimum absolute atomic E-state index is 0.150. The molecule has 2 nitrogen and oxygen atoms in total. The first-order valence-corrected chi connectivity index (χ1v) is 7.45. The summed E-state index contributed by atoms with van der Waals surface area (Å²) >= 11 is 3.37. The van der Waals surface area contributed by atoms with Crippen LogP contribution in [0.15, 0.2) is 53.0 Å². The molecule has 2 rings (SSSR count). The summed E-state index contributed by atoms with van der Waals surface area (Å²) in [5.74, 6) is 0.749. The Labute approximate surface area is 135 Å². The molecule has 2 aromatic rings. The maximum Gasteiger partial charge on any atom is 0.401 e. The number of para-hydroxylation sites is 1. The summed E-state index contributed by atoms with van der Waals surface area (Å²) in [6.45, 7) is -0.498. The van der Waals surface area contributed by atoms with E-state index in [1.165, 1.54) is 0 Å². The van der Waals surface area contributed by atoms with E-state index in [4.69, 9.17) is 4.74 Å². The molecule has 22 heavy (non-hydrogen) atoms. The number of benzene rings is 2. The average molecular weight is 374 g/mol. The van der Waals surface area contributed by atoms with Crippen LogP contribution in [0.2, 0.25) is 0 Å². The van der Waals surface area contributed by atoms with Gasteiger partial charge in [-0.15, -0.1) is 0 Å². The molecule has 0 amide bonds. The Morgan fingerprint density at radius 1 is 1.00 bits per heavy atom. The van der Waals surface area contributed by atoms with Gasteiger partial charge in [0.1, 0.15) is 12.4 Å². The third-order valence-electron chi connectivity index (χ3n) is 2.82. The number of rotatable bonds is 6. The highest BCUT2D eigenvalue weighted by atomic mass is 79.9. The van der Waals surface area contributed by atoms with Gasteiger partial charge in [-0.25, -0.2) is 0 Å². The van der Waals surface area contributed by atoms with E-state index in [1.807, 2.05) is 42.5 Å². The second-order valence-electron chi connectivity index (χ2n) is 4.79. The molecule has 0 heterocycles. The predicted octanol–water partition coefficient (Wildman–Crippen LogP) is 4.68. The standard InChI is InChI=1S/C16H15BrF3NO/c17-14-7-12(9-21-11-16(18,19)20)6-13(8-14)10-22-15-4-2-1-3-5-15/h1-8,21H,9-11H2. The Kier molecular flexibility index (Phi) is 5.85. The van der Waals surface area contributed by atoms with Gasteiger partial charge in [-0.2, -0.15) is 13.2 Å². The van der Waals surface area contributed by atoms with Crippen LogP contribution < -0.4 is 10.1 Å². The monoisotopic (exact) mass is 373 g/mol. The largest absolute Gasteiger partial charge is 0.489 e. The summed E-state index contributed by atoms with van der Waals surface area (Å²) in [5.41, 5.74) is 1.66. The molecule has 0 unspecified atom stereocenters. The number of alkyl halides is 3. The van der Waals surface area contributed by atoms with Crippen molar-refractivity contribution < 1.29 is 17.9 Å². The van der Waals surface area contributed by atoms with Crippen molar-refractivity contribution in [3.8, 4) is 5.75 Å². The predicted molar refractivity (Wildman–Crippen MR) is 82.7 cm³/mol. The van der Waals surface area contributed by atoms with E-state index in [0.717, 1.165) is 21.3 Å². The topological polar surface area (TPSA) is 21.3 Å². The second kappa shape index (κ2) is 7.65. The third-order valence-corrected chi connectivity index (χ3v) is 3.28. The van der Waals surface area contributed by atoms with Crippen molar-refractivity contribution in [3.63, 3.8) is 0 Å². The van der Waals surface area contributed by atoms with Gasteiger partial charge in [0.15, 0.2) is 0 Å². The Balaban J connectivity index is 1.94. The summed E-state index contributed by atoms with van der Waals surface area (Å²) in [4.78, 5) is 0. The molecule has 0 spiro atoms. The van der Waals surface area contributed by atoms with Crippen LogP contribution in [-0.2, 0) is 13.2 Å². The number of hydrogen-bond donors (Lipinski definition) is 1. The summed E-state index contributed by atoms with van der Waals surface area (Å²) in [6.07, 6.45) is -4.20. The number of ether oxygens (including phenoxy) is 1. The van der Waals surface area contributed by atoms with E-state index in [1.54, 1.807) is 6.07 Å². The lowest BCUT2D eigenvalue weighted by molar-refractivity contribution is -0.125. The maximum absolute atomic E-state index is 12.1. The molecular formula is C16H15BrF3NO. The summed E-state index contributed by atoms with van der Waals surface area (Å²) in [7, 11) is 0. The molecule has 6 heteroatoms. The molecule has 0 saturated heterocycles.